The molecule has 1 fully saturated rings. The third-order valence-electron chi connectivity index (χ3n) is 3.20. The molecule has 0 radical (unpaired) electrons. The average molecular weight is 265 g/mol. The number of H-pyrrole nitrogens is 1. The number of fused-ring (bicyclic) bond motifs is 1. The highest BCUT2D eigenvalue weighted by Gasteiger charge is 2.22. The normalized spacial score (nSPS) is 16.9. The smallest absolute Gasteiger partial charge is 0.0487 e. The molecule has 0 atom stereocenters. The van der Waals surface area contributed by atoms with E-state index in [0.29, 0.717) is 5.92 Å². The highest BCUT2D eigenvalue weighted by molar-refractivity contribution is 9.10. The Hall–Kier alpha value is -0.800. The summed E-state index contributed by atoms with van der Waals surface area (Å²) in [4.78, 5) is 3.38. The highest BCUT2D eigenvalue weighted by atomic mass is 79.9. The zero-order chi connectivity index (χ0) is 10.4. The van der Waals surface area contributed by atoms with Crippen LogP contribution in [0.25, 0.3) is 10.9 Å². The summed E-state index contributed by atoms with van der Waals surface area (Å²) in [5, 5.41) is 4.69. The van der Waals surface area contributed by atoms with Crippen molar-refractivity contribution in [2.24, 2.45) is 0 Å². The van der Waals surface area contributed by atoms with Crippen molar-refractivity contribution in [3.8, 4) is 0 Å². The van der Waals surface area contributed by atoms with Gasteiger partial charge in [-0.15, -0.1) is 0 Å². The second-order valence-electron chi connectivity index (χ2n) is 4.24. The van der Waals surface area contributed by atoms with Gasteiger partial charge < -0.3 is 10.3 Å². The Kier molecular flexibility index (Phi) is 2.11. The van der Waals surface area contributed by atoms with Gasteiger partial charge >= 0.3 is 0 Å². The number of hydrogen-bond donors (Lipinski definition) is 2. The van der Waals surface area contributed by atoms with Gasteiger partial charge in [-0.05, 0) is 30.2 Å². The summed E-state index contributed by atoms with van der Waals surface area (Å²) in [7, 11) is 0. The maximum atomic E-state index is 3.56. The van der Waals surface area contributed by atoms with E-state index in [1.165, 1.54) is 26.5 Å². The number of aromatic nitrogens is 1. The fraction of sp³-hybridized carbons (Fsp3) is 0.333. The molecule has 78 valence electrons. The van der Waals surface area contributed by atoms with Crippen molar-refractivity contribution in [2.45, 2.75) is 12.8 Å². The van der Waals surface area contributed by atoms with E-state index in [-0.39, 0.29) is 0 Å². The number of nitrogens with one attached hydrogen (secondary N) is 2. The fourth-order valence-electron chi connectivity index (χ4n) is 2.24. The van der Waals surface area contributed by atoms with E-state index in [1.54, 1.807) is 0 Å². The minimum Gasteiger partial charge on any atom is -0.361 e. The van der Waals surface area contributed by atoms with Crippen LogP contribution in [0.4, 0.5) is 0 Å². The molecule has 1 aliphatic rings. The van der Waals surface area contributed by atoms with Gasteiger partial charge in [-0.25, -0.2) is 0 Å². The third-order valence-corrected chi connectivity index (χ3v) is 3.66. The zero-order valence-electron chi connectivity index (χ0n) is 8.60. The zero-order valence-corrected chi connectivity index (χ0v) is 10.2. The third kappa shape index (κ3) is 1.42. The Morgan fingerprint density at radius 2 is 2.13 bits per heavy atom. The van der Waals surface area contributed by atoms with E-state index in [0.717, 1.165) is 13.1 Å². The van der Waals surface area contributed by atoms with E-state index >= 15 is 0 Å². The Labute approximate surface area is 97.2 Å². The van der Waals surface area contributed by atoms with Crippen LogP contribution in [0.2, 0.25) is 0 Å². The summed E-state index contributed by atoms with van der Waals surface area (Å²) in [6.07, 6.45) is 2.16. The monoisotopic (exact) mass is 264 g/mol. The van der Waals surface area contributed by atoms with Crippen molar-refractivity contribution < 1.29 is 0 Å². The minimum absolute atomic E-state index is 0.687. The molecular weight excluding hydrogens is 252 g/mol. The summed E-state index contributed by atoms with van der Waals surface area (Å²) in [5.74, 6) is 0.687. The topological polar surface area (TPSA) is 27.8 Å². The first-order valence-electron chi connectivity index (χ1n) is 5.23. The lowest BCUT2D eigenvalue weighted by atomic mass is 9.93. The van der Waals surface area contributed by atoms with Crippen LogP contribution in [0.5, 0.6) is 0 Å². The van der Waals surface area contributed by atoms with Gasteiger partial charge in [0.25, 0.3) is 0 Å². The molecule has 2 N–H and O–H groups in total. The number of aryl methyl sites for hydroxylation is 1. The fourth-order valence-corrected chi connectivity index (χ4v) is 2.81. The molecule has 0 amide bonds. The molecule has 0 saturated carbocycles. The van der Waals surface area contributed by atoms with E-state index in [4.69, 9.17) is 0 Å². The Morgan fingerprint density at radius 3 is 2.80 bits per heavy atom. The van der Waals surface area contributed by atoms with Crippen LogP contribution in [0.15, 0.2) is 22.8 Å². The van der Waals surface area contributed by atoms with Gasteiger partial charge in [0.1, 0.15) is 0 Å². The maximum absolute atomic E-state index is 3.56. The summed E-state index contributed by atoms with van der Waals surface area (Å²) < 4.78 is 1.17. The molecule has 2 heterocycles. The second-order valence-corrected chi connectivity index (χ2v) is 5.16. The number of benzene rings is 1. The Bertz CT molecular complexity index is 512. The molecule has 3 rings (SSSR count). The Balaban J connectivity index is 2.23. The lowest BCUT2D eigenvalue weighted by molar-refractivity contribution is 0.451. The molecule has 1 aromatic heterocycles. The minimum atomic E-state index is 0.687. The number of hydrogen-bond acceptors (Lipinski definition) is 1. The summed E-state index contributed by atoms with van der Waals surface area (Å²) in [6.45, 7) is 4.36. The molecule has 1 saturated heterocycles. The van der Waals surface area contributed by atoms with Gasteiger partial charge in [0.05, 0.1) is 0 Å². The summed E-state index contributed by atoms with van der Waals surface area (Å²) in [6, 6.07) is 4.37. The first-order valence-corrected chi connectivity index (χ1v) is 6.03. The van der Waals surface area contributed by atoms with Crippen LogP contribution in [-0.4, -0.2) is 18.1 Å². The van der Waals surface area contributed by atoms with Crippen molar-refractivity contribution in [3.05, 3.63) is 33.9 Å². The number of aromatic amines is 1. The van der Waals surface area contributed by atoms with Crippen molar-refractivity contribution in [2.75, 3.05) is 13.1 Å². The Morgan fingerprint density at radius 1 is 1.33 bits per heavy atom. The van der Waals surface area contributed by atoms with Gasteiger partial charge in [-0.3, -0.25) is 0 Å². The van der Waals surface area contributed by atoms with Gasteiger partial charge in [0.15, 0.2) is 0 Å². The van der Waals surface area contributed by atoms with Crippen LogP contribution in [0, 0.1) is 6.92 Å². The quantitative estimate of drug-likeness (QED) is 0.815. The molecule has 0 spiro atoms. The van der Waals surface area contributed by atoms with E-state index in [2.05, 4.69) is 51.5 Å². The maximum Gasteiger partial charge on any atom is 0.0487 e. The lowest BCUT2D eigenvalue weighted by Crippen LogP contribution is -2.39. The second kappa shape index (κ2) is 3.35. The molecule has 15 heavy (non-hydrogen) atoms. The summed E-state index contributed by atoms with van der Waals surface area (Å²) in [5.41, 5.74) is 4.03. The molecule has 3 heteroatoms. The van der Waals surface area contributed by atoms with Crippen molar-refractivity contribution in [1.82, 2.24) is 10.3 Å². The molecule has 2 nitrogen and oxygen atoms in total. The van der Waals surface area contributed by atoms with Gasteiger partial charge in [0.2, 0.25) is 0 Å². The van der Waals surface area contributed by atoms with Gasteiger partial charge in [-0.2, -0.15) is 0 Å². The molecule has 0 bridgehead atoms. The van der Waals surface area contributed by atoms with Crippen molar-refractivity contribution in [3.63, 3.8) is 0 Å². The molecule has 0 unspecified atom stereocenters. The van der Waals surface area contributed by atoms with E-state index in [1.807, 2.05) is 0 Å². The van der Waals surface area contributed by atoms with E-state index < -0.39 is 0 Å². The molecule has 0 aliphatic carbocycles. The predicted octanol–water partition coefficient (Wildman–Crippen LogP) is 2.93. The van der Waals surface area contributed by atoms with Gasteiger partial charge in [0, 0.05) is 40.6 Å². The lowest BCUT2D eigenvalue weighted by Gasteiger charge is -2.26. The average Bonchev–Trinajstić information content (AvgIpc) is 2.46. The molecule has 1 aromatic carbocycles. The largest absolute Gasteiger partial charge is 0.361 e. The standard InChI is InChI=1S/C12H13BrN2/c1-7-2-9(13)3-10-11(6-15-12(7)10)8-4-14-5-8/h2-3,6,8,14-15H,4-5H2,1H3. The van der Waals surface area contributed by atoms with Crippen LogP contribution >= 0.6 is 15.9 Å². The number of rotatable bonds is 1. The van der Waals surface area contributed by atoms with Crippen LogP contribution in [0.1, 0.15) is 17.0 Å². The molecular formula is C12H13BrN2. The van der Waals surface area contributed by atoms with E-state index in [9.17, 15) is 0 Å². The van der Waals surface area contributed by atoms with Crippen LogP contribution < -0.4 is 5.32 Å². The van der Waals surface area contributed by atoms with Crippen LogP contribution in [-0.2, 0) is 0 Å². The first kappa shape index (κ1) is 9.43. The summed E-state index contributed by atoms with van der Waals surface area (Å²) >= 11 is 3.56. The molecule has 2 aromatic rings. The van der Waals surface area contributed by atoms with Crippen molar-refractivity contribution in [1.29, 1.82) is 0 Å². The van der Waals surface area contributed by atoms with Gasteiger partial charge in [-0.1, -0.05) is 15.9 Å². The van der Waals surface area contributed by atoms with Crippen molar-refractivity contribution >= 4 is 26.8 Å². The predicted molar refractivity (Wildman–Crippen MR) is 66.3 cm³/mol. The number of halogens is 1. The highest BCUT2D eigenvalue weighted by Crippen LogP contribution is 2.31. The van der Waals surface area contributed by atoms with Crippen LogP contribution in [0.3, 0.4) is 0 Å². The SMILES string of the molecule is Cc1cc(Br)cc2c(C3CNC3)c[nH]c12. The first-order chi connectivity index (χ1) is 7.25. The molecule has 1 aliphatic heterocycles.